The van der Waals surface area contributed by atoms with E-state index in [0.29, 0.717) is 40.8 Å². The van der Waals surface area contributed by atoms with Crippen molar-refractivity contribution in [3.8, 4) is 0 Å². The molecule has 0 unspecified atom stereocenters. The number of nitrogens with one attached hydrogen (secondary N) is 3. The molecule has 4 aromatic heterocycles. The van der Waals surface area contributed by atoms with Gasteiger partial charge in [-0.1, -0.05) is 11.6 Å². The zero-order valence-electron chi connectivity index (χ0n) is 15.6. The Morgan fingerprint density at radius 2 is 2.13 bits per heavy atom. The number of amides is 1. The Morgan fingerprint density at radius 3 is 2.97 bits per heavy atom. The SMILES string of the molecule is Nc1ncnc2c1ncn2Cc1cc(Cl)cc2cc(CNC(=O)c3ccn[nH]3)[nH]c12. The quantitative estimate of drug-likeness (QED) is 0.342. The van der Waals surface area contributed by atoms with Gasteiger partial charge in [0.05, 0.1) is 24.9 Å². The first-order chi connectivity index (χ1) is 14.6. The number of carbonyl (C=O) groups is 1. The predicted octanol–water partition coefficient (Wildman–Crippen LogP) is 2.24. The summed E-state index contributed by atoms with van der Waals surface area (Å²) in [6, 6.07) is 7.35. The molecule has 4 heterocycles. The molecule has 0 aliphatic heterocycles. The number of nitrogens with two attached hydrogens (primary N) is 1. The molecule has 0 aliphatic rings. The Labute approximate surface area is 174 Å². The molecule has 5 N–H and O–H groups in total. The number of aromatic nitrogens is 7. The Balaban J connectivity index is 1.45. The lowest BCUT2D eigenvalue weighted by atomic mass is 10.1. The average molecular weight is 422 g/mol. The summed E-state index contributed by atoms with van der Waals surface area (Å²) in [7, 11) is 0. The van der Waals surface area contributed by atoms with Crippen LogP contribution in [0.4, 0.5) is 5.82 Å². The molecule has 10 nitrogen and oxygen atoms in total. The lowest BCUT2D eigenvalue weighted by molar-refractivity contribution is 0.0945. The minimum Gasteiger partial charge on any atom is -0.382 e. The molecule has 0 spiro atoms. The van der Waals surface area contributed by atoms with Crippen molar-refractivity contribution in [1.29, 1.82) is 0 Å². The summed E-state index contributed by atoms with van der Waals surface area (Å²) in [5, 5.41) is 10.8. The second kappa shape index (κ2) is 7.16. The van der Waals surface area contributed by atoms with Crippen LogP contribution in [0.5, 0.6) is 0 Å². The van der Waals surface area contributed by atoms with Crippen LogP contribution in [0.1, 0.15) is 21.7 Å². The summed E-state index contributed by atoms with van der Waals surface area (Å²) in [6.45, 7) is 0.825. The average Bonchev–Trinajstić information content (AvgIpc) is 3.46. The second-order valence-corrected chi connectivity index (χ2v) is 7.22. The number of anilines is 1. The predicted molar refractivity (Wildman–Crippen MR) is 112 cm³/mol. The van der Waals surface area contributed by atoms with Crippen molar-refractivity contribution in [2.75, 3.05) is 5.73 Å². The largest absolute Gasteiger partial charge is 0.382 e. The number of aromatic amines is 2. The van der Waals surface area contributed by atoms with Gasteiger partial charge in [-0.05, 0) is 29.8 Å². The van der Waals surface area contributed by atoms with E-state index in [1.54, 1.807) is 12.4 Å². The van der Waals surface area contributed by atoms with E-state index < -0.39 is 0 Å². The van der Waals surface area contributed by atoms with Crippen LogP contribution in [-0.4, -0.2) is 40.6 Å². The molecular weight excluding hydrogens is 406 g/mol. The van der Waals surface area contributed by atoms with Crippen molar-refractivity contribution in [3.05, 3.63) is 65.1 Å². The minimum absolute atomic E-state index is 0.230. The highest BCUT2D eigenvalue weighted by molar-refractivity contribution is 6.31. The zero-order chi connectivity index (χ0) is 20.7. The summed E-state index contributed by atoms with van der Waals surface area (Å²) in [4.78, 5) is 28.1. The fraction of sp³-hybridized carbons (Fsp3) is 0.105. The van der Waals surface area contributed by atoms with Crippen LogP contribution in [0.3, 0.4) is 0 Å². The van der Waals surface area contributed by atoms with Crippen LogP contribution >= 0.6 is 11.6 Å². The number of imidazole rings is 1. The van der Waals surface area contributed by atoms with Crippen LogP contribution in [0.25, 0.3) is 22.1 Å². The number of fused-ring (bicyclic) bond motifs is 2. The van der Waals surface area contributed by atoms with Crippen molar-refractivity contribution in [2.24, 2.45) is 0 Å². The summed E-state index contributed by atoms with van der Waals surface area (Å²) in [5.41, 5.74) is 10.2. The number of nitrogens with zero attached hydrogens (tertiary/aromatic N) is 5. The summed E-state index contributed by atoms with van der Waals surface area (Å²) in [6.07, 6.45) is 4.62. The monoisotopic (exact) mass is 421 g/mol. The Morgan fingerprint density at radius 1 is 1.23 bits per heavy atom. The van der Waals surface area contributed by atoms with Crippen molar-refractivity contribution in [1.82, 2.24) is 40.0 Å². The van der Waals surface area contributed by atoms with Crippen molar-refractivity contribution in [2.45, 2.75) is 13.1 Å². The van der Waals surface area contributed by atoms with Gasteiger partial charge >= 0.3 is 0 Å². The minimum atomic E-state index is -0.230. The van der Waals surface area contributed by atoms with Crippen LogP contribution in [0, 0.1) is 0 Å². The van der Waals surface area contributed by atoms with E-state index in [9.17, 15) is 4.79 Å². The second-order valence-electron chi connectivity index (χ2n) is 6.78. The maximum absolute atomic E-state index is 12.1. The molecule has 5 aromatic rings. The molecule has 0 radical (unpaired) electrons. The number of hydrogen-bond acceptors (Lipinski definition) is 6. The lowest BCUT2D eigenvalue weighted by Crippen LogP contribution is -2.23. The smallest absolute Gasteiger partial charge is 0.269 e. The maximum atomic E-state index is 12.1. The topological polar surface area (TPSA) is 143 Å². The van der Waals surface area contributed by atoms with E-state index >= 15 is 0 Å². The van der Waals surface area contributed by atoms with E-state index in [4.69, 9.17) is 17.3 Å². The summed E-state index contributed by atoms with van der Waals surface area (Å²) in [5.74, 6) is 0.108. The van der Waals surface area contributed by atoms with Gasteiger partial charge < -0.3 is 20.6 Å². The Kier molecular flexibility index (Phi) is 4.32. The highest BCUT2D eigenvalue weighted by Crippen LogP contribution is 2.26. The molecule has 1 amide bonds. The highest BCUT2D eigenvalue weighted by atomic mass is 35.5. The normalized spacial score (nSPS) is 11.4. The van der Waals surface area contributed by atoms with Gasteiger partial charge in [0.25, 0.3) is 5.91 Å². The van der Waals surface area contributed by atoms with E-state index in [-0.39, 0.29) is 5.91 Å². The van der Waals surface area contributed by atoms with Crippen molar-refractivity contribution < 1.29 is 4.79 Å². The molecule has 150 valence electrons. The van der Waals surface area contributed by atoms with E-state index in [0.717, 1.165) is 22.2 Å². The van der Waals surface area contributed by atoms with Gasteiger partial charge in [0, 0.05) is 22.3 Å². The van der Waals surface area contributed by atoms with Crippen molar-refractivity contribution in [3.63, 3.8) is 0 Å². The van der Waals surface area contributed by atoms with Gasteiger partial charge in [0.15, 0.2) is 11.5 Å². The third-order valence-electron chi connectivity index (χ3n) is 4.79. The molecule has 0 bridgehead atoms. The van der Waals surface area contributed by atoms with Gasteiger partial charge in [0.2, 0.25) is 0 Å². The van der Waals surface area contributed by atoms with Crippen LogP contribution in [-0.2, 0) is 13.1 Å². The highest BCUT2D eigenvalue weighted by Gasteiger charge is 2.13. The van der Waals surface area contributed by atoms with Gasteiger partial charge in [-0.25, -0.2) is 15.0 Å². The molecule has 0 atom stereocenters. The van der Waals surface area contributed by atoms with Gasteiger partial charge in [0.1, 0.15) is 17.5 Å². The molecule has 0 aliphatic carbocycles. The zero-order valence-corrected chi connectivity index (χ0v) is 16.3. The fourth-order valence-electron chi connectivity index (χ4n) is 3.41. The van der Waals surface area contributed by atoms with E-state index in [1.807, 2.05) is 22.8 Å². The first-order valence-electron chi connectivity index (χ1n) is 9.07. The first kappa shape index (κ1) is 18.1. The number of hydrogen-bond donors (Lipinski definition) is 4. The number of benzene rings is 1. The van der Waals surface area contributed by atoms with Gasteiger partial charge in [-0.15, -0.1) is 0 Å². The molecular formula is C19H16ClN9O. The van der Waals surface area contributed by atoms with Crippen molar-refractivity contribution >= 4 is 45.4 Å². The van der Waals surface area contributed by atoms with Crippen LogP contribution in [0.2, 0.25) is 5.02 Å². The first-order valence-corrected chi connectivity index (χ1v) is 9.45. The van der Waals surface area contributed by atoms with Crippen LogP contribution in [0.15, 0.2) is 43.1 Å². The molecule has 0 saturated heterocycles. The summed E-state index contributed by atoms with van der Waals surface area (Å²) >= 11 is 6.35. The number of rotatable bonds is 5. The standard InChI is InChI=1S/C19H16ClN9O/c20-12-3-10-5-13(6-22-19(30)14-1-2-26-28-14)27-15(10)11(4-12)7-29-9-25-16-17(21)23-8-24-18(16)29/h1-5,8-9,27H,6-7H2,(H,22,30)(H,26,28)(H2,21,23,24). The fourth-order valence-corrected chi connectivity index (χ4v) is 3.66. The Bertz CT molecular complexity index is 1370. The molecule has 5 rings (SSSR count). The summed E-state index contributed by atoms with van der Waals surface area (Å²) < 4.78 is 1.89. The molecule has 11 heteroatoms. The number of halogens is 1. The number of H-pyrrole nitrogens is 2. The Hall–Kier alpha value is -3.92. The van der Waals surface area contributed by atoms with Gasteiger partial charge in [-0.3, -0.25) is 9.89 Å². The van der Waals surface area contributed by atoms with E-state index in [2.05, 4.69) is 35.5 Å². The van der Waals surface area contributed by atoms with Gasteiger partial charge in [-0.2, -0.15) is 5.10 Å². The molecule has 1 aromatic carbocycles. The lowest BCUT2D eigenvalue weighted by Gasteiger charge is -2.07. The van der Waals surface area contributed by atoms with E-state index in [1.165, 1.54) is 12.5 Å². The molecule has 30 heavy (non-hydrogen) atoms. The molecule has 0 saturated carbocycles. The third kappa shape index (κ3) is 3.22. The maximum Gasteiger partial charge on any atom is 0.269 e. The van der Waals surface area contributed by atoms with Crippen LogP contribution < -0.4 is 11.1 Å². The molecule has 0 fully saturated rings. The number of carbonyl (C=O) groups excluding carboxylic acids is 1. The number of nitrogen functional groups attached to an aromatic ring is 1. The third-order valence-corrected chi connectivity index (χ3v) is 5.00.